The molecule has 1 fully saturated rings. The lowest BCUT2D eigenvalue weighted by Crippen LogP contribution is -2.52. The third-order valence-corrected chi connectivity index (χ3v) is 5.59. The van der Waals surface area contributed by atoms with Crippen LogP contribution in [0.3, 0.4) is 0 Å². The molecule has 0 spiro atoms. The number of imide groups is 1. The summed E-state index contributed by atoms with van der Waals surface area (Å²) in [6.45, 7) is 0.435. The Morgan fingerprint density at radius 2 is 2.03 bits per heavy atom. The summed E-state index contributed by atoms with van der Waals surface area (Å²) in [5, 5.41) is 17.5. The molecule has 2 aromatic rings. The van der Waals surface area contributed by atoms with Crippen LogP contribution in [0.4, 0.5) is 10.5 Å². The van der Waals surface area contributed by atoms with E-state index in [1.165, 1.54) is 11.0 Å². The van der Waals surface area contributed by atoms with E-state index >= 15 is 0 Å². The molecule has 5 amide bonds. The molecular formula is C21H19ClN4O5. The normalized spacial score (nSPS) is 17.9. The lowest BCUT2D eigenvalue weighted by atomic mass is 10.0. The van der Waals surface area contributed by atoms with Gasteiger partial charge < -0.3 is 20.6 Å². The number of piperidine rings is 1. The highest BCUT2D eigenvalue weighted by Crippen LogP contribution is 2.31. The Kier molecular flexibility index (Phi) is 5.51. The highest BCUT2D eigenvalue weighted by molar-refractivity contribution is 6.34. The maximum Gasteiger partial charge on any atom is 0.319 e. The molecule has 2 heterocycles. The molecule has 0 aromatic heterocycles. The van der Waals surface area contributed by atoms with Crippen molar-refractivity contribution in [1.29, 1.82) is 0 Å². The minimum atomic E-state index is -0.673. The van der Waals surface area contributed by atoms with Crippen LogP contribution < -0.4 is 16.0 Å². The predicted molar refractivity (Wildman–Crippen MR) is 111 cm³/mol. The van der Waals surface area contributed by atoms with Crippen molar-refractivity contribution in [2.45, 2.75) is 32.0 Å². The maximum atomic E-state index is 12.7. The molecule has 4 rings (SSSR count). The molecule has 2 aliphatic rings. The summed E-state index contributed by atoms with van der Waals surface area (Å²) in [5.41, 5.74) is 2.12. The Morgan fingerprint density at radius 1 is 1.23 bits per heavy atom. The van der Waals surface area contributed by atoms with E-state index in [9.17, 15) is 24.3 Å². The van der Waals surface area contributed by atoms with Crippen LogP contribution in [0.15, 0.2) is 36.4 Å². The molecule has 160 valence electrons. The zero-order valence-electron chi connectivity index (χ0n) is 16.3. The van der Waals surface area contributed by atoms with E-state index in [1.54, 1.807) is 30.3 Å². The molecule has 2 aromatic carbocycles. The van der Waals surface area contributed by atoms with Gasteiger partial charge in [0.25, 0.3) is 5.91 Å². The van der Waals surface area contributed by atoms with E-state index in [1.807, 2.05) is 0 Å². The van der Waals surface area contributed by atoms with Crippen molar-refractivity contribution >= 4 is 41.0 Å². The average molecular weight is 443 g/mol. The number of amides is 5. The number of halogens is 1. The molecule has 31 heavy (non-hydrogen) atoms. The third kappa shape index (κ3) is 4.17. The number of para-hydroxylation sites is 1. The largest absolute Gasteiger partial charge is 0.506 e. The lowest BCUT2D eigenvalue weighted by molar-refractivity contribution is -0.136. The summed E-state index contributed by atoms with van der Waals surface area (Å²) >= 11 is 5.98. The predicted octanol–water partition coefficient (Wildman–Crippen LogP) is 2.13. The summed E-state index contributed by atoms with van der Waals surface area (Å²) < 4.78 is 0. The number of anilines is 1. The first-order valence-corrected chi connectivity index (χ1v) is 10.00. The minimum Gasteiger partial charge on any atom is -0.506 e. The highest BCUT2D eigenvalue weighted by Gasteiger charge is 2.39. The van der Waals surface area contributed by atoms with Crippen molar-refractivity contribution in [2.75, 3.05) is 5.32 Å². The van der Waals surface area contributed by atoms with Gasteiger partial charge in [0.05, 0.1) is 5.02 Å². The number of nitrogens with one attached hydrogen (secondary N) is 3. The van der Waals surface area contributed by atoms with Gasteiger partial charge in [0.2, 0.25) is 11.8 Å². The van der Waals surface area contributed by atoms with Crippen molar-refractivity contribution < 1.29 is 24.3 Å². The number of phenolic OH excluding ortho intramolecular Hbond substituents is 1. The SMILES string of the molecule is O=C1CCC(N2Cc3cc(CNC(=O)Nc4c(O)cccc4Cl)ccc3C2=O)C(=O)N1. The van der Waals surface area contributed by atoms with E-state index < -0.39 is 18.0 Å². The number of hydrogen-bond acceptors (Lipinski definition) is 5. The smallest absolute Gasteiger partial charge is 0.319 e. The van der Waals surface area contributed by atoms with Gasteiger partial charge in [-0.25, -0.2) is 4.79 Å². The number of nitrogens with zero attached hydrogens (tertiary/aromatic N) is 1. The topological polar surface area (TPSA) is 128 Å². The second-order valence-corrected chi connectivity index (χ2v) is 7.74. The number of aromatic hydroxyl groups is 1. The standard InChI is InChI=1S/C21H19ClN4O5/c22-14-2-1-3-16(27)18(14)25-21(31)23-9-11-4-5-13-12(8-11)10-26(20(13)30)15-6-7-17(28)24-19(15)29/h1-5,8,15,27H,6-7,9-10H2,(H2,23,25,31)(H,24,28,29). The van der Waals surface area contributed by atoms with Gasteiger partial charge in [0.15, 0.2) is 0 Å². The summed E-state index contributed by atoms with van der Waals surface area (Å²) in [5.74, 6) is -1.19. The molecule has 1 unspecified atom stereocenters. The summed E-state index contributed by atoms with van der Waals surface area (Å²) in [6.07, 6.45) is 0.496. The Morgan fingerprint density at radius 3 is 2.77 bits per heavy atom. The number of rotatable bonds is 4. The fraction of sp³-hybridized carbons (Fsp3) is 0.238. The van der Waals surface area contributed by atoms with Crippen LogP contribution in [0, 0.1) is 0 Å². The molecule has 0 bridgehead atoms. The van der Waals surface area contributed by atoms with E-state index in [0.29, 0.717) is 12.0 Å². The molecule has 9 nitrogen and oxygen atoms in total. The second-order valence-electron chi connectivity index (χ2n) is 7.33. The van der Waals surface area contributed by atoms with E-state index in [-0.39, 0.29) is 47.8 Å². The molecular weight excluding hydrogens is 424 g/mol. The molecule has 1 saturated heterocycles. The Balaban J connectivity index is 1.40. The van der Waals surface area contributed by atoms with Gasteiger partial charge in [0.1, 0.15) is 17.5 Å². The first-order chi connectivity index (χ1) is 14.8. The third-order valence-electron chi connectivity index (χ3n) is 5.27. The average Bonchev–Trinajstić information content (AvgIpc) is 3.05. The fourth-order valence-corrected chi connectivity index (χ4v) is 3.93. The molecule has 0 aliphatic carbocycles. The van der Waals surface area contributed by atoms with Crippen molar-refractivity contribution in [3.8, 4) is 5.75 Å². The monoisotopic (exact) mass is 442 g/mol. The summed E-state index contributed by atoms with van der Waals surface area (Å²) in [7, 11) is 0. The zero-order chi connectivity index (χ0) is 22.1. The number of urea groups is 1. The van der Waals surface area contributed by atoms with Gasteiger partial charge in [0, 0.05) is 25.1 Å². The van der Waals surface area contributed by atoms with Crippen molar-refractivity contribution in [2.24, 2.45) is 0 Å². The molecule has 4 N–H and O–H groups in total. The van der Waals surface area contributed by atoms with Gasteiger partial charge in [-0.1, -0.05) is 29.8 Å². The highest BCUT2D eigenvalue weighted by atomic mass is 35.5. The van der Waals surface area contributed by atoms with Crippen molar-refractivity contribution in [3.63, 3.8) is 0 Å². The number of carbonyl (C=O) groups is 4. The molecule has 0 radical (unpaired) electrons. The fourth-order valence-electron chi connectivity index (χ4n) is 3.71. The molecule has 2 aliphatic heterocycles. The van der Waals surface area contributed by atoms with Gasteiger partial charge in [-0.05, 0) is 35.7 Å². The summed E-state index contributed by atoms with van der Waals surface area (Å²) in [6, 6.07) is 8.47. The second kappa shape index (κ2) is 8.27. The number of phenols is 1. The van der Waals surface area contributed by atoms with E-state index in [0.717, 1.165) is 11.1 Å². The lowest BCUT2D eigenvalue weighted by Gasteiger charge is -2.29. The first kappa shape index (κ1) is 20.7. The van der Waals surface area contributed by atoms with Crippen LogP contribution in [0.5, 0.6) is 5.75 Å². The van der Waals surface area contributed by atoms with Gasteiger partial charge in [-0.15, -0.1) is 0 Å². The van der Waals surface area contributed by atoms with Crippen LogP contribution in [0.1, 0.15) is 34.3 Å². The molecule has 0 saturated carbocycles. The zero-order valence-corrected chi connectivity index (χ0v) is 17.0. The van der Waals surface area contributed by atoms with Crippen LogP contribution >= 0.6 is 11.6 Å². The minimum absolute atomic E-state index is 0.112. The first-order valence-electron chi connectivity index (χ1n) is 9.62. The number of hydrogen-bond donors (Lipinski definition) is 4. The molecule has 10 heteroatoms. The van der Waals surface area contributed by atoms with Crippen LogP contribution in [0.25, 0.3) is 0 Å². The number of fused-ring (bicyclic) bond motifs is 1. The number of benzene rings is 2. The van der Waals surface area contributed by atoms with Gasteiger partial charge in [-0.2, -0.15) is 0 Å². The quantitative estimate of drug-likeness (QED) is 0.426. The van der Waals surface area contributed by atoms with E-state index in [2.05, 4.69) is 16.0 Å². The Labute approximate surface area is 182 Å². The van der Waals surface area contributed by atoms with Crippen molar-refractivity contribution in [3.05, 3.63) is 58.1 Å². The maximum absolute atomic E-state index is 12.7. The number of carbonyl (C=O) groups excluding carboxylic acids is 4. The van der Waals surface area contributed by atoms with Gasteiger partial charge >= 0.3 is 6.03 Å². The van der Waals surface area contributed by atoms with Crippen molar-refractivity contribution in [1.82, 2.24) is 15.5 Å². The Hall–Kier alpha value is -3.59. The van der Waals surface area contributed by atoms with Gasteiger partial charge in [-0.3, -0.25) is 19.7 Å². The van der Waals surface area contributed by atoms with Crippen LogP contribution in [-0.4, -0.2) is 39.8 Å². The Bertz CT molecular complexity index is 1080. The summed E-state index contributed by atoms with van der Waals surface area (Å²) in [4.78, 5) is 49.8. The van der Waals surface area contributed by atoms with Crippen LogP contribution in [-0.2, 0) is 22.7 Å². The van der Waals surface area contributed by atoms with E-state index in [4.69, 9.17) is 11.6 Å². The molecule has 1 atom stereocenters. The van der Waals surface area contributed by atoms with Crippen LogP contribution in [0.2, 0.25) is 5.02 Å².